The second-order valence-corrected chi connectivity index (χ2v) is 5.37. The van der Waals surface area contributed by atoms with E-state index in [2.05, 4.69) is 4.98 Å². The first kappa shape index (κ1) is 14.8. The minimum atomic E-state index is -3.72. The zero-order valence-corrected chi connectivity index (χ0v) is 10.9. The van der Waals surface area contributed by atoms with Gasteiger partial charge in [0.1, 0.15) is 11.4 Å². The highest BCUT2D eigenvalue weighted by molar-refractivity contribution is 7.89. The molecule has 0 saturated heterocycles. The van der Waals surface area contributed by atoms with Crippen LogP contribution in [0.15, 0.2) is 18.2 Å². The quantitative estimate of drug-likeness (QED) is 0.738. The van der Waals surface area contributed by atoms with E-state index in [1.54, 1.807) is 4.72 Å². The number of hydrogen-bond acceptors (Lipinski definition) is 6. The van der Waals surface area contributed by atoms with Gasteiger partial charge in [0.05, 0.1) is 6.26 Å². The molecule has 1 rings (SSSR count). The van der Waals surface area contributed by atoms with Gasteiger partial charge in [-0.3, -0.25) is 19.7 Å². The minimum Gasteiger partial charge on any atom is -0.291 e. The molecule has 0 atom stereocenters. The van der Waals surface area contributed by atoms with Crippen LogP contribution in [0.5, 0.6) is 0 Å². The summed E-state index contributed by atoms with van der Waals surface area (Å²) in [5.41, 5.74) is -0.419. The van der Waals surface area contributed by atoms with Crippen molar-refractivity contribution in [2.45, 2.75) is 6.92 Å². The molecule has 8 nitrogen and oxygen atoms in total. The Morgan fingerprint density at radius 2 is 1.63 bits per heavy atom. The van der Waals surface area contributed by atoms with Crippen LogP contribution in [0.3, 0.4) is 0 Å². The molecule has 0 spiro atoms. The van der Waals surface area contributed by atoms with E-state index in [9.17, 15) is 22.8 Å². The second-order valence-electron chi connectivity index (χ2n) is 3.62. The van der Waals surface area contributed by atoms with Gasteiger partial charge in [0.2, 0.25) is 15.9 Å². The van der Waals surface area contributed by atoms with Crippen LogP contribution in [0.25, 0.3) is 0 Å². The van der Waals surface area contributed by atoms with E-state index >= 15 is 0 Å². The lowest BCUT2D eigenvalue weighted by molar-refractivity contribution is -0.118. The van der Waals surface area contributed by atoms with E-state index in [1.807, 2.05) is 5.32 Å². The van der Waals surface area contributed by atoms with E-state index in [0.29, 0.717) is 0 Å². The summed E-state index contributed by atoms with van der Waals surface area (Å²) in [5.74, 6) is -2.31. The average molecular weight is 285 g/mol. The Morgan fingerprint density at radius 3 is 2.11 bits per heavy atom. The third-order valence-corrected chi connectivity index (χ3v) is 2.34. The maximum Gasteiger partial charge on any atom is 0.283 e. The molecule has 0 aliphatic rings. The Kier molecular flexibility index (Phi) is 4.33. The molecule has 2 N–H and O–H groups in total. The van der Waals surface area contributed by atoms with Crippen LogP contribution >= 0.6 is 0 Å². The summed E-state index contributed by atoms with van der Waals surface area (Å²) in [6.45, 7) is 1.15. The van der Waals surface area contributed by atoms with Crippen molar-refractivity contribution in [2.24, 2.45) is 0 Å². The van der Waals surface area contributed by atoms with Crippen molar-refractivity contribution in [2.75, 3.05) is 6.26 Å². The van der Waals surface area contributed by atoms with E-state index in [4.69, 9.17) is 0 Å². The largest absolute Gasteiger partial charge is 0.291 e. The number of hydrogen-bond donors (Lipinski definition) is 2. The smallest absolute Gasteiger partial charge is 0.283 e. The molecule has 0 unspecified atom stereocenters. The SMILES string of the molecule is CC(=O)NC(=O)c1cccc(C(=O)NS(C)(=O)=O)n1. The fraction of sp³-hybridized carbons (Fsp3) is 0.200. The molecule has 0 aromatic carbocycles. The zero-order chi connectivity index (χ0) is 14.6. The standard InChI is InChI=1S/C10H11N3O5S/c1-6(14)11-9(15)7-4-3-5-8(12-7)10(16)13-19(2,17)18/h3-5H,1-2H3,(H,13,16)(H,11,14,15). The first-order valence-corrected chi connectivity index (χ1v) is 6.89. The number of sulfonamides is 1. The van der Waals surface area contributed by atoms with Crippen molar-refractivity contribution >= 4 is 27.7 Å². The van der Waals surface area contributed by atoms with Crippen molar-refractivity contribution in [3.63, 3.8) is 0 Å². The summed E-state index contributed by atoms with van der Waals surface area (Å²) >= 11 is 0. The number of amides is 3. The molecule has 0 aliphatic carbocycles. The third kappa shape index (κ3) is 4.84. The van der Waals surface area contributed by atoms with Gasteiger partial charge in [-0.2, -0.15) is 0 Å². The first-order valence-electron chi connectivity index (χ1n) is 5.00. The van der Waals surface area contributed by atoms with Gasteiger partial charge in [-0.05, 0) is 12.1 Å². The highest BCUT2D eigenvalue weighted by atomic mass is 32.2. The van der Waals surface area contributed by atoms with Gasteiger partial charge in [0, 0.05) is 6.92 Å². The molecule has 0 fully saturated rings. The van der Waals surface area contributed by atoms with E-state index < -0.39 is 27.7 Å². The predicted molar refractivity (Wildman–Crippen MR) is 64.7 cm³/mol. The Bertz CT molecular complexity index is 638. The molecule has 102 valence electrons. The van der Waals surface area contributed by atoms with E-state index in [0.717, 1.165) is 13.2 Å². The molecule has 1 aromatic rings. The molecule has 9 heteroatoms. The van der Waals surface area contributed by atoms with Gasteiger partial charge in [-0.15, -0.1) is 0 Å². The lowest BCUT2D eigenvalue weighted by Gasteiger charge is -2.04. The van der Waals surface area contributed by atoms with Crippen molar-refractivity contribution < 1.29 is 22.8 Å². The lowest BCUT2D eigenvalue weighted by atomic mass is 10.3. The fourth-order valence-corrected chi connectivity index (χ4v) is 1.57. The number of imide groups is 1. The molecular weight excluding hydrogens is 274 g/mol. The Balaban J connectivity index is 2.97. The van der Waals surface area contributed by atoms with Gasteiger partial charge >= 0.3 is 0 Å². The van der Waals surface area contributed by atoms with E-state index in [-0.39, 0.29) is 11.4 Å². The normalized spacial score (nSPS) is 10.6. The average Bonchev–Trinajstić information content (AvgIpc) is 2.26. The fourth-order valence-electron chi connectivity index (χ4n) is 1.13. The van der Waals surface area contributed by atoms with Crippen molar-refractivity contribution in [1.82, 2.24) is 15.0 Å². The van der Waals surface area contributed by atoms with Crippen molar-refractivity contribution in [3.05, 3.63) is 29.6 Å². The maximum absolute atomic E-state index is 11.5. The number of nitrogens with one attached hydrogen (secondary N) is 2. The molecule has 0 aliphatic heterocycles. The lowest BCUT2D eigenvalue weighted by Crippen LogP contribution is -2.32. The summed E-state index contributed by atoms with van der Waals surface area (Å²) in [5, 5.41) is 1.98. The minimum absolute atomic E-state index is 0.170. The van der Waals surface area contributed by atoms with Crippen LogP contribution in [-0.4, -0.2) is 37.4 Å². The van der Waals surface area contributed by atoms with Crippen LogP contribution in [0.4, 0.5) is 0 Å². The molecule has 1 aromatic heterocycles. The topological polar surface area (TPSA) is 122 Å². The predicted octanol–water partition coefficient (Wildman–Crippen LogP) is -0.953. The summed E-state index contributed by atoms with van der Waals surface area (Å²) in [6, 6.07) is 3.87. The molecular formula is C10H11N3O5S. The molecule has 3 amide bonds. The second kappa shape index (κ2) is 5.57. The van der Waals surface area contributed by atoms with Gasteiger partial charge < -0.3 is 0 Å². The number of rotatable bonds is 3. The Hall–Kier alpha value is -2.29. The van der Waals surface area contributed by atoms with Gasteiger partial charge in [-0.25, -0.2) is 18.1 Å². The molecule has 19 heavy (non-hydrogen) atoms. The molecule has 0 radical (unpaired) electrons. The van der Waals surface area contributed by atoms with Crippen molar-refractivity contribution in [1.29, 1.82) is 0 Å². The summed E-state index contributed by atoms with van der Waals surface area (Å²) in [6.07, 6.45) is 0.817. The first-order chi connectivity index (χ1) is 8.69. The molecule has 0 bridgehead atoms. The summed E-state index contributed by atoms with van der Waals surface area (Å²) in [4.78, 5) is 37.4. The number of nitrogens with zero attached hydrogens (tertiary/aromatic N) is 1. The Labute approximate surface area is 109 Å². The molecule has 0 saturated carbocycles. The highest BCUT2D eigenvalue weighted by Gasteiger charge is 2.15. The monoisotopic (exact) mass is 285 g/mol. The van der Waals surface area contributed by atoms with Crippen LogP contribution in [-0.2, 0) is 14.8 Å². The van der Waals surface area contributed by atoms with Crippen LogP contribution in [0.1, 0.15) is 27.9 Å². The van der Waals surface area contributed by atoms with Crippen LogP contribution < -0.4 is 10.0 Å². The van der Waals surface area contributed by atoms with E-state index in [1.165, 1.54) is 18.2 Å². The maximum atomic E-state index is 11.5. The van der Waals surface area contributed by atoms with Gasteiger partial charge in [0.25, 0.3) is 11.8 Å². The van der Waals surface area contributed by atoms with Crippen molar-refractivity contribution in [3.8, 4) is 0 Å². The number of carbonyl (C=O) groups is 3. The van der Waals surface area contributed by atoms with Gasteiger partial charge in [-0.1, -0.05) is 6.07 Å². The molecule has 1 heterocycles. The summed E-state index contributed by atoms with van der Waals surface area (Å²) < 4.78 is 23.5. The number of carbonyl (C=O) groups excluding carboxylic acids is 3. The van der Waals surface area contributed by atoms with Gasteiger partial charge in [0.15, 0.2) is 0 Å². The van der Waals surface area contributed by atoms with Crippen LogP contribution in [0, 0.1) is 0 Å². The highest BCUT2D eigenvalue weighted by Crippen LogP contribution is 2.00. The third-order valence-electron chi connectivity index (χ3n) is 1.78. The Morgan fingerprint density at radius 1 is 1.11 bits per heavy atom. The number of aromatic nitrogens is 1. The van der Waals surface area contributed by atoms with Crippen LogP contribution in [0.2, 0.25) is 0 Å². The zero-order valence-electron chi connectivity index (χ0n) is 10.1. The summed E-state index contributed by atoms with van der Waals surface area (Å²) in [7, 11) is -3.72. The number of pyridine rings is 1.